The number of fused-ring (bicyclic) bond motifs is 7. The summed E-state index contributed by atoms with van der Waals surface area (Å²) in [7, 11) is 0. The number of ketones is 1. The van der Waals surface area contributed by atoms with Crippen molar-refractivity contribution < 1.29 is 19.4 Å². The highest BCUT2D eigenvalue weighted by Gasteiger charge is 2.71. The van der Waals surface area contributed by atoms with E-state index in [2.05, 4.69) is 83.7 Å². The van der Waals surface area contributed by atoms with E-state index in [9.17, 15) is 20.0 Å². The lowest BCUT2D eigenvalue weighted by atomic mass is 9.32. The fraction of sp³-hybridized carbons (Fsp3) is 0.732. The highest BCUT2D eigenvalue weighted by molar-refractivity contribution is 5.90. The molecule has 8 unspecified atom stereocenters. The summed E-state index contributed by atoms with van der Waals surface area (Å²) >= 11 is 0. The lowest BCUT2D eigenvalue weighted by Crippen LogP contribution is -2.66. The maximum absolute atomic E-state index is 13.7. The predicted molar refractivity (Wildman–Crippen MR) is 184 cm³/mol. The standard InChI is InChI=1S/C41H56N2O4/c1-36(2)14-16-41(35(45)46)17-15-40(7)33(30(41)24-36)29(26-8-10-28(11-9-26)43-18-20-47-21-19-43)22-32-38(5)23-27(25-42)34(44)37(3,4)31(38)12-13-39(32,40)6/h8-11,27,30-32H,12-24H2,1-7H3,(H,45,46). The Labute approximate surface area is 282 Å². The van der Waals surface area contributed by atoms with Crippen molar-refractivity contribution in [1.82, 2.24) is 0 Å². The van der Waals surface area contributed by atoms with Crippen LogP contribution in [0.15, 0.2) is 29.8 Å². The van der Waals surface area contributed by atoms with Gasteiger partial charge in [0.1, 0.15) is 5.92 Å². The number of hydrogen-bond donors (Lipinski definition) is 1. The summed E-state index contributed by atoms with van der Waals surface area (Å²) in [5.74, 6) is -0.563. The van der Waals surface area contributed by atoms with Gasteiger partial charge in [-0.15, -0.1) is 0 Å². The van der Waals surface area contributed by atoms with Gasteiger partial charge >= 0.3 is 5.97 Å². The number of ether oxygens (including phenoxy) is 1. The first-order valence-corrected chi connectivity index (χ1v) is 18.4. The lowest BCUT2D eigenvalue weighted by Gasteiger charge is -2.71. The number of nitriles is 1. The van der Waals surface area contributed by atoms with E-state index in [4.69, 9.17) is 4.74 Å². The zero-order chi connectivity index (χ0) is 33.8. The van der Waals surface area contributed by atoms with Crippen molar-refractivity contribution in [2.75, 3.05) is 31.2 Å². The van der Waals surface area contributed by atoms with Crippen LogP contribution in [-0.2, 0) is 14.3 Å². The minimum absolute atomic E-state index is 0.00374. The Hall–Kier alpha value is -2.65. The van der Waals surface area contributed by atoms with Crippen molar-refractivity contribution in [1.29, 1.82) is 5.26 Å². The molecule has 1 N–H and O–H groups in total. The van der Waals surface area contributed by atoms with Crippen LogP contribution in [0.5, 0.6) is 0 Å². The monoisotopic (exact) mass is 640 g/mol. The molecule has 7 rings (SSSR count). The van der Waals surface area contributed by atoms with E-state index in [1.54, 1.807) is 0 Å². The molecule has 1 aromatic carbocycles. The first-order valence-electron chi connectivity index (χ1n) is 18.4. The van der Waals surface area contributed by atoms with Crippen molar-refractivity contribution in [3.8, 4) is 6.07 Å². The number of morpholine rings is 1. The van der Waals surface area contributed by atoms with E-state index >= 15 is 0 Å². The van der Waals surface area contributed by atoms with Crippen molar-refractivity contribution in [3.63, 3.8) is 0 Å². The van der Waals surface area contributed by atoms with Gasteiger partial charge in [0, 0.05) is 24.2 Å². The van der Waals surface area contributed by atoms with Gasteiger partial charge in [-0.05, 0) is 120 Å². The Morgan fingerprint density at radius 3 is 2.21 bits per heavy atom. The Balaban J connectivity index is 1.44. The van der Waals surface area contributed by atoms with Crippen molar-refractivity contribution >= 4 is 23.0 Å². The van der Waals surface area contributed by atoms with E-state index in [1.165, 1.54) is 22.4 Å². The fourth-order valence-corrected chi connectivity index (χ4v) is 12.8. The first-order chi connectivity index (χ1) is 22.0. The maximum Gasteiger partial charge on any atom is 0.310 e. The van der Waals surface area contributed by atoms with Gasteiger partial charge in [-0.25, -0.2) is 0 Å². The molecule has 1 saturated heterocycles. The summed E-state index contributed by atoms with van der Waals surface area (Å²) in [5, 5.41) is 21.3. The average molecular weight is 641 g/mol. The van der Waals surface area contributed by atoms with Crippen LogP contribution in [0.2, 0.25) is 0 Å². The van der Waals surface area contributed by atoms with Crippen molar-refractivity contribution in [2.45, 2.75) is 106 Å². The second-order valence-electron chi connectivity index (χ2n) is 18.5. The zero-order valence-electron chi connectivity index (χ0n) is 29.9. The number of benzene rings is 1. The number of aliphatic carboxylic acids is 1. The van der Waals surface area contributed by atoms with Gasteiger partial charge in [-0.3, -0.25) is 9.59 Å². The van der Waals surface area contributed by atoms with E-state index in [1.807, 2.05) is 0 Å². The Bertz CT molecular complexity index is 1550. The van der Waals surface area contributed by atoms with E-state index in [-0.39, 0.29) is 45.2 Å². The second kappa shape index (κ2) is 10.7. The summed E-state index contributed by atoms with van der Waals surface area (Å²) in [6.07, 6.45) is 7.70. The quantitative estimate of drug-likeness (QED) is 0.356. The molecule has 254 valence electrons. The van der Waals surface area contributed by atoms with Gasteiger partial charge in [0.2, 0.25) is 0 Å². The second-order valence-corrected chi connectivity index (χ2v) is 18.5. The molecular formula is C41H56N2O4. The molecule has 5 fully saturated rings. The summed E-state index contributed by atoms with van der Waals surface area (Å²) in [6.45, 7) is 19.6. The van der Waals surface area contributed by atoms with Crippen molar-refractivity contribution in [2.24, 2.45) is 56.2 Å². The summed E-state index contributed by atoms with van der Waals surface area (Å²) < 4.78 is 5.62. The Kier molecular flexibility index (Phi) is 7.47. The predicted octanol–water partition coefficient (Wildman–Crippen LogP) is 8.56. The molecule has 0 radical (unpaired) electrons. The molecule has 6 nitrogen and oxygen atoms in total. The molecule has 0 amide bonds. The normalized spacial score (nSPS) is 42.3. The van der Waals surface area contributed by atoms with E-state index < -0.39 is 22.7 Å². The average Bonchev–Trinajstić information content (AvgIpc) is 3.03. The summed E-state index contributed by atoms with van der Waals surface area (Å²) in [5.41, 5.74) is 3.63. The van der Waals surface area contributed by atoms with Crippen LogP contribution in [0.4, 0.5) is 5.69 Å². The van der Waals surface area contributed by atoms with Crippen LogP contribution in [0, 0.1) is 67.5 Å². The highest BCUT2D eigenvalue weighted by atomic mass is 16.5. The molecule has 1 heterocycles. The number of carboxylic acid groups (broad SMARTS) is 1. The number of carbonyl (C=O) groups is 2. The number of anilines is 1. The van der Waals surface area contributed by atoms with Crippen molar-refractivity contribution in [3.05, 3.63) is 35.4 Å². The minimum atomic E-state index is -0.723. The molecule has 47 heavy (non-hydrogen) atoms. The number of allylic oxidation sites excluding steroid dienone is 2. The third kappa shape index (κ3) is 4.50. The van der Waals surface area contributed by atoms with Gasteiger partial charge in [0.25, 0.3) is 0 Å². The molecule has 0 aromatic heterocycles. The minimum Gasteiger partial charge on any atom is -0.481 e. The zero-order valence-corrected chi connectivity index (χ0v) is 29.9. The number of nitrogens with zero attached hydrogens (tertiary/aromatic N) is 2. The fourth-order valence-electron chi connectivity index (χ4n) is 12.8. The van der Waals surface area contributed by atoms with Crippen LogP contribution in [0.25, 0.3) is 5.57 Å². The molecule has 4 saturated carbocycles. The Morgan fingerprint density at radius 1 is 0.915 bits per heavy atom. The van der Waals surface area contributed by atoms with Gasteiger partial charge in [0.05, 0.1) is 24.7 Å². The summed E-state index contributed by atoms with van der Waals surface area (Å²) in [4.78, 5) is 29.5. The largest absolute Gasteiger partial charge is 0.481 e. The van der Waals surface area contributed by atoms with Crippen LogP contribution in [-0.4, -0.2) is 43.2 Å². The van der Waals surface area contributed by atoms with E-state index in [0.29, 0.717) is 6.42 Å². The molecule has 0 bridgehead atoms. The van der Waals surface area contributed by atoms with E-state index in [0.717, 1.165) is 77.7 Å². The van der Waals surface area contributed by atoms with Crippen LogP contribution < -0.4 is 4.90 Å². The molecule has 0 spiro atoms. The third-order valence-electron chi connectivity index (χ3n) is 15.6. The molecule has 1 aliphatic heterocycles. The van der Waals surface area contributed by atoms with Gasteiger partial charge in [0.15, 0.2) is 5.78 Å². The van der Waals surface area contributed by atoms with Crippen LogP contribution in [0.1, 0.15) is 112 Å². The Morgan fingerprint density at radius 2 is 1.57 bits per heavy atom. The SMILES string of the molecule is CC1(C)CCC2(C(=O)O)CCC3(C)C(=C(c4ccc(N5CCOCC5)cc4)CC4C5(C)CC(C#N)C(=O)C(C)(C)C5CCC43C)C2C1. The molecule has 1 aromatic rings. The smallest absolute Gasteiger partial charge is 0.310 e. The molecule has 6 aliphatic rings. The number of Topliss-reactive ketones (excluding diaryl/α,β-unsaturated/α-hetero) is 1. The molecular weight excluding hydrogens is 584 g/mol. The number of hydrogen-bond acceptors (Lipinski definition) is 5. The van der Waals surface area contributed by atoms with Gasteiger partial charge in [-0.1, -0.05) is 66.2 Å². The lowest BCUT2D eigenvalue weighted by molar-refractivity contribution is -0.191. The molecule has 5 aliphatic carbocycles. The van der Waals surface area contributed by atoms with Crippen LogP contribution >= 0.6 is 0 Å². The number of carbonyl (C=O) groups excluding carboxylic acids is 1. The topological polar surface area (TPSA) is 90.6 Å². The first kappa shape index (κ1) is 32.9. The highest BCUT2D eigenvalue weighted by Crippen LogP contribution is 2.77. The van der Waals surface area contributed by atoms with Crippen LogP contribution in [0.3, 0.4) is 0 Å². The number of carboxylic acids is 1. The summed E-state index contributed by atoms with van der Waals surface area (Å²) in [6, 6.07) is 11.6. The maximum atomic E-state index is 13.7. The molecule has 6 heteroatoms. The van der Waals surface area contributed by atoms with Gasteiger partial charge in [-0.2, -0.15) is 5.26 Å². The van der Waals surface area contributed by atoms with Gasteiger partial charge < -0.3 is 14.7 Å². The number of rotatable bonds is 3. The molecule has 8 atom stereocenters. The third-order valence-corrected chi connectivity index (χ3v) is 15.6.